The largest absolute Gasteiger partial charge is 0.465 e. The van der Waals surface area contributed by atoms with Gasteiger partial charge in [-0.05, 0) is 95.6 Å². The molecule has 2 aliphatic heterocycles. The van der Waals surface area contributed by atoms with Gasteiger partial charge in [-0.15, -0.1) is 0 Å². The van der Waals surface area contributed by atoms with Gasteiger partial charge in [0, 0.05) is 17.1 Å². The summed E-state index contributed by atoms with van der Waals surface area (Å²) in [7, 11) is 0. The number of hydrogen-bond acceptors (Lipinski definition) is 4. The van der Waals surface area contributed by atoms with Gasteiger partial charge in [0.25, 0.3) is 0 Å². The number of nitrogens with one attached hydrogen (secondary N) is 2. The molecule has 0 spiro atoms. The van der Waals surface area contributed by atoms with Crippen LogP contribution >= 0.6 is 0 Å². The monoisotopic (exact) mass is 431 g/mol. The van der Waals surface area contributed by atoms with Crippen LogP contribution in [0, 0.1) is 5.92 Å². The van der Waals surface area contributed by atoms with E-state index < -0.39 is 0 Å². The second-order valence-electron chi connectivity index (χ2n) is 8.56. The zero-order chi connectivity index (χ0) is 22.1. The van der Waals surface area contributed by atoms with Gasteiger partial charge in [0.1, 0.15) is 6.04 Å². The number of aromatic amines is 1. The molecule has 2 fully saturated rings. The fourth-order valence-corrected chi connectivity index (χ4v) is 5.02. The normalized spacial score (nSPS) is 19.6. The fraction of sp³-hybridized carbons (Fsp3) is 0.640. The number of esters is 1. The number of carbonyl (C=O) groups excluding carboxylic acids is 1. The Morgan fingerprint density at radius 3 is 2.52 bits per heavy atom. The van der Waals surface area contributed by atoms with E-state index in [1.165, 1.54) is 36.2 Å². The number of ether oxygens (including phenoxy) is 1. The number of rotatable bonds is 6. The Morgan fingerprint density at radius 1 is 1.16 bits per heavy atom. The second kappa shape index (κ2) is 12.2. The zero-order valence-electron chi connectivity index (χ0n) is 19.0. The first-order valence-corrected chi connectivity index (χ1v) is 11.9. The Kier molecular flexibility index (Phi) is 9.34. The minimum absolute atomic E-state index is 0.0217. The third kappa shape index (κ3) is 6.30. The molecule has 2 aromatic rings. The lowest BCUT2D eigenvalue weighted by Crippen LogP contribution is -2.47. The Balaban J connectivity index is 0.000000858. The summed E-state index contributed by atoms with van der Waals surface area (Å²) < 4.78 is 15.7. The lowest BCUT2D eigenvalue weighted by molar-refractivity contribution is -0.151. The third-order valence-corrected chi connectivity index (χ3v) is 6.61. The van der Waals surface area contributed by atoms with Gasteiger partial charge in [0.2, 0.25) is 0 Å². The zero-order valence-corrected chi connectivity index (χ0v) is 19.0. The van der Waals surface area contributed by atoms with Crippen molar-refractivity contribution in [3.8, 4) is 0 Å². The van der Waals surface area contributed by atoms with Crippen molar-refractivity contribution in [1.29, 1.82) is 0 Å². The summed E-state index contributed by atoms with van der Waals surface area (Å²) in [4.78, 5) is 18.5. The molecule has 2 N–H and O–H groups in total. The number of H-pyrrole nitrogens is 1. The summed E-state index contributed by atoms with van der Waals surface area (Å²) in [5.41, 5.74) is 2.65. The lowest BCUT2D eigenvalue weighted by atomic mass is 9.86. The number of para-hydroxylation sites is 1. The smallest absolute Gasteiger partial charge is 0.323 e. The van der Waals surface area contributed by atoms with Crippen LogP contribution in [0.5, 0.6) is 0 Å². The maximum Gasteiger partial charge on any atom is 0.323 e. The average molecular weight is 432 g/mol. The van der Waals surface area contributed by atoms with Gasteiger partial charge in [0.05, 0.1) is 13.3 Å². The SMILES string of the molecule is CCF.CCOC(=O)C(CC1CCNCC1)N1CCC(c2c[nH]c3ccccc23)CC1. The molecule has 172 valence electrons. The molecule has 1 atom stereocenters. The molecule has 1 aromatic carbocycles. The van der Waals surface area contributed by atoms with Crippen molar-refractivity contribution in [2.75, 3.05) is 39.5 Å². The van der Waals surface area contributed by atoms with E-state index >= 15 is 0 Å². The standard InChI is InChI=1S/C23H33N3O2.C2H5F/c1-2-28-23(27)22(15-17-7-11-24-12-8-17)26-13-9-18(10-14-26)20-16-25-21-6-4-3-5-19(20)21;1-2-3/h3-6,16-18,22,24-25H,2,7-15H2,1H3;2H2,1H3. The summed E-state index contributed by atoms with van der Waals surface area (Å²) in [6, 6.07) is 8.48. The van der Waals surface area contributed by atoms with E-state index in [4.69, 9.17) is 4.74 Å². The Hall–Kier alpha value is -1.92. The first kappa shape index (κ1) is 23.7. The predicted octanol–water partition coefficient (Wildman–Crippen LogP) is 4.64. The van der Waals surface area contributed by atoms with E-state index in [9.17, 15) is 9.18 Å². The maximum absolute atomic E-state index is 12.7. The van der Waals surface area contributed by atoms with Crippen molar-refractivity contribution in [2.24, 2.45) is 5.92 Å². The first-order chi connectivity index (χ1) is 15.2. The highest BCUT2D eigenvalue weighted by molar-refractivity contribution is 5.83. The third-order valence-electron chi connectivity index (χ3n) is 6.61. The highest BCUT2D eigenvalue weighted by Crippen LogP contribution is 2.34. The molecule has 0 amide bonds. The summed E-state index contributed by atoms with van der Waals surface area (Å²) in [5.74, 6) is 1.17. The summed E-state index contributed by atoms with van der Waals surface area (Å²) >= 11 is 0. The number of fused-ring (bicyclic) bond motifs is 1. The molecular formula is C25H38FN3O2. The van der Waals surface area contributed by atoms with Gasteiger partial charge < -0.3 is 15.0 Å². The number of likely N-dealkylation sites (tertiary alicyclic amines) is 1. The highest BCUT2D eigenvalue weighted by atomic mass is 19.1. The molecule has 4 rings (SSSR count). The Labute approximate surface area is 185 Å². The van der Waals surface area contributed by atoms with Crippen molar-refractivity contribution >= 4 is 16.9 Å². The Morgan fingerprint density at radius 2 is 1.84 bits per heavy atom. The van der Waals surface area contributed by atoms with Crippen LogP contribution < -0.4 is 5.32 Å². The molecule has 0 aliphatic carbocycles. The van der Waals surface area contributed by atoms with E-state index in [0.717, 1.165) is 45.4 Å². The lowest BCUT2D eigenvalue weighted by Gasteiger charge is -2.38. The number of halogens is 1. The summed E-state index contributed by atoms with van der Waals surface area (Å²) in [6.07, 6.45) is 7.67. The molecule has 1 aromatic heterocycles. The minimum Gasteiger partial charge on any atom is -0.465 e. The summed E-state index contributed by atoms with van der Waals surface area (Å²) in [6.45, 7) is 7.67. The fourth-order valence-electron chi connectivity index (χ4n) is 5.02. The number of nitrogens with zero attached hydrogens (tertiary/aromatic N) is 1. The summed E-state index contributed by atoms with van der Waals surface area (Å²) in [5, 5.41) is 4.77. The van der Waals surface area contributed by atoms with Crippen molar-refractivity contribution in [2.45, 2.75) is 57.9 Å². The number of aromatic nitrogens is 1. The first-order valence-electron chi connectivity index (χ1n) is 11.9. The van der Waals surface area contributed by atoms with Crippen LogP contribution in [-0.4, -0.2) is 61.4 Å². The van der Waals surface area contributed by atoms with Crippen molar-refractivity contribution in [3.05, 3.63) is 36.0 Å². The minimum atomic E-state index is -0.250. The molecule has 1 unspecified atom stereocenters. The topological polar surface area (TPSA) is 57.4 Å². The van der Waals surface area contributed by atoms with Crippen LogP contribution in [0.2, 0.25) is 0 Å². The number of piperidine rings is 2. The molecule has 0 radical (unpaired) electrons. The van der Waals surface area contributed by atoms with Gasteiger partial charge in [-0.2, -0.15) is 0 Å². The number of carbonyl (C=O) groups is 1. The van der Waals surface area contributed by atoms with Crippen molar-refractivity contribution < 1.29 is 13.9 Å². The van der Waals surface area contributed by atoms with Gasteiger partial charge in [-0.3, -0.25) is 14.1 Å². The van der Waals surface area contributed by atoms with Gasteiger partial charge >= 0.3 is 5.97 Å². The van der Waals surface area contributed by atoms with E-state index in [0.29, 0.717) is 18.4 Å². The van der Waals surface area contributed by atoms with E-state index in [1.807, 2.05) is 6.92 Å². The van der Waals surface area contributed by atoms with Crippen LogP contribution in [0.4, 0.5) is 4.39 Å². The van der Waals surface area contributed by atoms with E-state index in [-0.39, 0.29) is 18.7 Å². The predicted molar refractivity (Wildman–Crippen MR) is 124 cm³/mol. The van der Waals surface area contributed by atoms with Gasteiger partial charge in [-0.1, -0.05) is 18.2 Å². The molecule has 31 heavy (non-hydrogen) atoms. The highest BCUT2D eigenvalue weighted by Gasteiger charge is 2.33. The maximum atomic E-state index is 12.7. The number of alkyl halides is 1. The van der Waals surface area contributed by atoms with Crippen LogP contribution in [0.15, 0.2) is 30.5 Å². The van der Waals surface area contributed by atoms with Crippen molar-refractivity contribution in [3.63, 3.8) is 0 Å². The van der Waals surface area contributed by atoms with Gasteiger partial charge in [-0.25, -0.2) is 0 Å². The van der Waals surface area contributed by atoms with E-state index in [1.54, 1.807) is 0 Å². The molecule has 6 heteroatoms. The van der Waals surface area contributed by atoms with Crippen LogP contribution in [0.1, 0.15) is 57.4 Å². The molecule has 3 heterocycles. The van der Waals surface area contributed by atoms with E-state index in [2.05, 4.69) is 45.7 Å². The molecule has 5 nitrogen and oxygen atoms in total. The molecule has 0 bridgehead atoms. The van der Waals surface area contributed by atoms with Crippen LogP contribution in [0.25, 0.3) is 10.9 Å². The number of benzene rings is 1. The molecular weight excluding hydrogens is 393 g/mol. The van der Waals surface area contributed by atoms with Crippen LogP contribution in [-0.2, 0) is 9.53 Å². The van der Waals surface area contributed by atoms with Crippen LogP contribution in [0.3, 0.4) is 0 Å². The Bertz CT molecular complexity index is 795. The second-order valence-corrected chi connectivity index (χ2v) is 8.56. The van der Waals surface area contributed by atoms with Crippen molar-refractivity contribution in [1.82, 2.24) is 15.2 Å². The number of hydrogen-bond donors (Lipinski definition) is 2. The molecule has 0 saturated carbocycles. The molecule has 2 aliphatic rings. The quantitative estimate of drug-likeness (QED) is 0.654. The average Bonchev–Trinajstić information content (AvgIpc) is 3.23. The van der Waals surface area contributed by atoms with Gasteiger partial charge in [0.15, 0.2) is 0 Å². The molecule has 2 saturated heterocycles.